The standard InChI is InChI=1S/C23H40O5/c1-4-6-14-22(3,5-2)23(27)15-13-18-17(19(24)16-20(18)28-23)11-9-7-8-10-12-21(25)26/h17-18,20,27H,4-16H2,1-3H3,(H,25,26). The molecule has 5 atom stereocenters. The van der Waals surface area contributed by atoms with Gasteiger partial charge in [0.2, 0.25) is 0 Å². The Kier molecular flexibility index (Phi) is 8.50. The van der Waals surface area contributed by atoms with Crippen LogP contribution in [0.5, 0.6) is 0 Å². The smallest absolute Gasteiger partial charge is 0.303 e. The number of carboxylic acid groups (broad SMARTS) is 1. The average molecular weight is 397 g/mol. The van der Waals surface area contributed by atoms with Crippen LogP contribution in [0.4, 0.5) is 0 Å². The van der Waals surface area contributed by atoms with Gasteiger partial charge in [-0.2, -0.15) is 0 Å². The Morgan fingerprint density at radius 1 is 1.21 bits per heavy atom. The molecule has 1 saturated carbocycles. The number of fused-ring (bicyclic) bond motifs is 1. The zero-order valence-corrected chi connectivity index (χ0v) is 18.0. The van der Waals surface area contributed by atoms with E-state index in [2.05, 4.69) is 20.8 Å². The van der Waals surface area contributed by atoms with Gasteiger partial charge in [-0.25, -0.2) is 0 Å². The first-order chi connectivity index (χ1) is 13.3. The van der Waals surface area contributed by atoms with Crippen LogP contribution in [0.1, 0.15) is 104 Å². The van der Waals surface area contributed by atoms with Crippen LogP contribution in [0.15, 0.2) is 0 Å². The molecule has 0 aromatic rings. The van der Waals surface area contributed by atoms with Crippen LogP contribution in [-0.2, 0) is 14.3 Å². The highest BCUT2D eigenvalue weighted by atomic mass is 16.6. The topological polar surface area (TPSA) is 83.8 Å². The lowest BCUT2D eigenvalue weighted by Crippen LogP contribution is -2.54. The minimum absolute atomic E-state index is 0.0533. The fraction of sp³-hybridized carbons (Fsp3) is 0.913. The predicted molar refractivity (Wildman–Crippen MR) is 109 cm³/mol. The van der Waals surface area contributed by atoms with Crippen LogP contribution in [0.2, 0.25) is 0 Å². The summed E-state index contributed by atoms with van der Waals surface area (Å²) in [5.74, 6) is -1.28. The van der Waals surface area contributed by atoms with Gasteiger partial charge >= 0.3 is 5.97 Å². The van der Waals surface area contributed by atoms with E-state index in [9.17, 15) is 14.7 Å². The van der Waals surface area contributed by atoms with Crippen molar-refractivity contribution in [3.05, 3.63) is 0 Å². The van der Waals surface area contributed by atoms with Crippen molar-refractivity contribution in [1.82, 2.24) is 0 Å². The molecule has 2 rings (SSSR count). The quantitative estimate of drug-likeness (QED) is 0.449. The van der Waals surface area contributed by atoms with Gasteiger partial charge in [0.25, 0.3) is 0 Å². The van der Waals surface area contributed by atoms with Crippen LogP contribution in [0.25, 0.3) is 0 Å². The molecule has 5 unspecified atom stereocenters. The zero-order chi connectivity index (χ0) is 20.8. The minimum atomic E-state index is -1.12. The number of carbonyl (C=O) groups excluding carboxylic acids is 1. The molecular weight excluding hydrogens is 356 g/mol. The van der Waals surface area contributed by atoms with Crippen molar-refractivity contribution in [1.29, 1.82) is 0 Å². The third-order valence-electron chi connectivity index (χ3n) is 7.43. The van der Waals surface area contributed by atoms with Gasteiger partial charge in [0, 0.05) is 30.6 Å². The van der Waals surface area contributed by atoms with Gasteiger partial charge < -0.3 is 14.9 Å². The molecule has 1 saturated heterocycles. The van der Waals surface area contributed by atoms with E-state index in [-0.39, 0.29) is 35.6 Å². The fourth-order valence-corrected chi connectivity index (χ4v) is 5.22. The van der Waals surface area contributed by atoms with Gasteiger partial charge in [-0.05, 0) is 38.0 Å². The summed E-state index contributed by atoms with van der Waals surface area (Å²) in [6.07, 6.45) is 10.4. The van der Waals surface area contributed by atoms with Gasteiger partial charge in [0.1, 0.15) is 5.78 Å². The second-order valence-electron chi connectivity index (χ2n) is 9.28. The first kappa shape index (κ1) is 23.3. The third kappa shape index (κ3) is 5.35. The molecular formula is C23H40O5. The molecule has 0 aromatic heterocycles. The van der Waals surface area contributed by atoms with Crippen molar-refractivity contribution >= 4 is 11.8 Å². The highest BCUT2D eigenvalue weighted by molar-refractivity contribution is 5.84. The van der Waals surface area contributed by atoms with E-state index in [1.54, 1.807) is 0 Å². The molecule has 0 bridgehead atoms. The molecule has 5 nitrogen and oxygen atoms in total. The molecule has 0 spiro atoms. The lowest BCUT2D eigenvalue weighted by atomic mass is 9.70. The van der Waals surface area contributed by atoms with Crippen LogP contribution in [0, 0.1) is 17.3 Å². The Morgan fingerprint density at radius 2 is 1.93 bits per heavy atom. The molecule has 0 radical (unpaired) electrons. The number of carbonyl (C=O) groups is 2. The van der Waals surface area contributed by atoms with Crippen LogP contribution in [-0.4, -0.2) is 33.9 Å². The molecule has 1 heterocycles. The summed E-state index contributed by atoms with van der Waals surface area (Å²) in [6.45, 7) is 6.42. The largest absolute Gasteiger partial charge is 0.481 e. The Bertz CT molecular complexity index is 533. The normalized spacial score (nSPS) is 32.1. The van der Waals surface area contributed by atoms with E-state index >= 15 is 0 Å². The van der Waals surface area contributed by atoms with Gasteiger partial charge in [-0.1, -0.05) is 52.9 Å². The molecule has 28 heavy (non-hydrogen) atoms. The van der Waals surface area contributed by atoms with Crippen molar-refractivity contribution in [3.63, 3.8) is 0 Å². The number of rotatable bonds is 12. The molecule has 2 N–H and O–H groups in total. The van der Waals surface area contributed by atoms with E-state index in [0.717, 1.165) is 57.8 Å². The summed E-state index contributed by atoms with van der Waals surface area (Å²) in [5, 5.41) is 20.1. The molecule has 1 aliphatic heterocycles. The van der Waals surface area contributed by atoms with Crippen LogP contribution in [0.3, 0.4) is 0 Å². The zero-order valence-electron chi connectivity index (χ0n) is 18.0. The first-order valence-electron chi connectivity index (χ1n) is 11.4. The minimum Gasteiger partial charge on any atom is -0.481 e. The lowest BCUT2D eigenvalue weighted by molar-refractivity contribution is -0.320. The van der Waals surface area contributed by atoms with Gasteiger partial charge in [0.05, 0.1) is 6.10 Å². The van der Waals surface area contributed by atoms with E-state index in [0.29, 0.717) is 19.3 Å². The van der Waals surface area contributed by atoms with E-state index < -0.39 is 11.8 Å². The number of aliphatic carboxylic acids is 1. The van der Waals surface area contributed by atoms with Gasteiger partial charge in [-0.3, -0.25) is 9.59 Å². The number of unbranched alkanes of at least 4 members (excludes halogenated alkanes) is 4. The maximum absolute atomic E-state index is 12.6. The number of carboxylic acids is 1. The number of Topliss-reactive ketones (excluding diaryl/α,β-unsaturated/α-hetero) is 1. The van der Waals surface area contributed by atoms with Crippen molar-refractivity contribution in [2.24, 2.45) is 17.3 Å². The molecule has 5 heteroatoms. The summed E-state index contributed by atoms with van der Waals surface area (Å²) in [7, 11) is 0. The summed E-state index contributed by atoms with van der Waals surface area (Å²) in [5.41, 5.74) is -0.265. The number of ether oxygens (including phenoxy) is 1. The molecule has 2 aliphatic rings. The Balaban J connectivity index is 1.88. The van der Waals surface area contributed by atoms with Gasteiger partial charge in [-0.15, -0.1) is 0 Å². The SMILES string of the molecule is CCCCC(C)(CC)C1(O)CCC2C(CC(=O)C2CCCCCCC(=O)O)O1. The molecule has 162 valence electrons. The summed E-state index contributed by atoms with van der Waals surface area (Å²) < 4.78 is 6.29. The summed E-state index contributed by atoms with van der Waals surface area (Å²) >= 11 is 0. The predicted octanol–water partition coefficient (Wildman–Crippen LogP) is 5.09. The number of ketones is 1. The maximum atomic E-state index is 12.6. The average Bonchev–Trinajstić information content (AvgIpc) is 2.96. The van der Waals surface area contributed by atoms with Crippen molar-refractivity contribution in [2.75, 3.05) is 0 Å². The van der Waals surface area contributed by atoms with Crippen LogP contribution < -0.4 is 0 Å². The van der Waals surface area contributed by atoms with E-state index in [1.807, 2.05) is 0 Å². The first-order valence-corrected chi connectivity index (χ1v) is 11.4. The number of hydrogen-bond donors (Lipinski definition) is 2. The monoisotopic (exact) mass is 396 g/mol. The van der Waals surface area contributed by atoms with Crippen molar-refractivity contribution in [3.8, 4) is 0 Å². The maximum Gasteiger partial charge on any atom is 0.303 e. The van der Waals surface area contributed by atoms with E-state index in [1.165, 1.54) is 0 Å². The van der Waals surface area contributed by atoms with Crippen molar-refractivity contribution < 1.29 is 24.5 Å². The van der Waals surface area contributed by atoms with Crippen molar-refractivity contribution in [2.45, 2.75) is 116 Å². The molecule has 1 aliphatic carbocycles. The second-order valence-corrected chi connectivity index (χ2v) is 9.28. The third-order valence-corrected chi connectivity index (χ3v) is 7.43. The second kappa shape index (κ2) is 10.2. The Hall–Kier alpha value is -0.940. The number of hydrogen-bond acceptors (Lipinski definition) is 4. The molecule has 0 amide bonds. The Morgan fingerprint density at radius 3 is 2.57 bits per heavy atom. The highest BCUT2D eigenvalue weighted by Crippen LogP contribution is 2.52. The number of aliphatic hydroxyl groups is 1. The van der Waals surface area contributed by atoms with E-state index in [4.69, 9.17) is 9.84 Å². The van der Waals surface area contributed by atoms with Gasteiger partial charge in [0.15, 0.2) is 5.79 Å². The highest BCUT2D eigenvalue weighted by Gasteiger charge is 2.55. The molecule has 0 aromatic carbocycles. The fourth-order valence-electron chi connectivity index (χ4n) is 5.22. The summed E-state index contributed by atoms with van der Waals surface area (Å²) in [6, 6.07) is 0. The molecule has 2 fully saturated rings. The Labute approximate surface area is 170 Å². The van der Waals surface area contributed by atoms with Crippen LogP contribution >= 0.6 is 0 Å². The lowest BCUT2D eigenvalue weighted by Gasteiger charge is -2.50. The summed E-state index contributed by atoms with van der Waals surface area (Å²) in [4.78, 5) is 23.2.